The maximum absolute atomic E-state index is 13.5. The third kappa shape index (κ3) is 7.35. The lowest BCUT2D eigenvalue weighted by atomic mass is 10.0. The molecule has 0 radical (unpaired) electrons. The van der Waals surface area contributed by atoms with Crippen molar-refractivity contribution in [1.29, 1.82) is 0 Å². The monoisotopic (exact) mass is 478 g/mol. The number of carbonyl (C=O) groups is 2. The van der Waals surface area contributed by atoms with Gasteiger partial charge in [0.15, 0.2) is 6.61 Å². The third-order valence-electron chi connectivity index (χ3n) is 5.53. The van der Waals surface area contributed by atoms with Gasteiger partial charge in [0, 0.05) is 24.5 Å². The molecular weight excluding hydrogens is 448 g/mol. The molecule has 3 aromatic rings. The highest BCUT2D eigenvalue weighted by Crippen LogP contribution is 2.19. The second-order valence-corrected chi connectivity index (χ2v) is 8.64. The molecule has 0 aliphatic carbocycles. The van der Waals surface area contributed by atoms with Crippen molar-refractivity contribution in [3.8, 4) is 5.75 Å². The van der Waals surface area contributed by atoms with Crippen LogP contribution in [0.15, 0.2) is 78.9 Å². The Kier molecular flexibility index (Phi) is 9.53. The highest BCUT2D eigenvalue weighted by molar-refractivity contribution is 6.30. The van der Waals surface area contributed by atoms with E-state index >= 15 is 0 Å². The fourth-order valence-electron chi connectivity index (χ4n) is 3.65. The summed E-state index contributed by atoms with van der Waals surface area (Å²) >= 11 is 6.06. The van der Waals surface area contributed by atoms with Crippen LogP contribution < -0.4 is 10.1 Å². The van der Waals surface area contributed by atoms with Gasteiger partial charge < -0.3 is 15.0 Å². The number of carbonyl (C=O) groups excluding carboxylic acids is 2. The highest BCUT2D eigenvalue weighted by atomic mass is 35.5. The number of ether oxygens (including phenoxy) is 1. The van der Waals surface area contributed by atoms with Crippen LogP contribution in [0.4, 0.5) is 0 Å². The van der Waals surface area contributed by atoms with Gasteiger partial charge in [-0.15, -0.1) is 0 Å². The molecule has 1 atom stereocenters. The average Bonchev–Trinajstić information content (AvgIpc) is 2.85. The number of para-hydroxylation sites is 1. The maximum atomic E-state index is 13.5. The van der Waals surface area contributed by atoms with Crippen LogP contribution in [0.25, 0.3) is 0 Å². The Morgan fingerprint density at radius 3 is 2.29 bits per heavy atom. The van der Waals surface area contributed by atoms with Crippen molar-refractivity contribution in [2.45, 2.75) is 39.3 Å². The Balaban J connectivity index is 1.89. The summed E-state index contributed by atoms with van der Waals surface area (Å²) in [6.45, 7) is 4.59. The predicted molar refractivity (Wildman–Crippen MR) is 136 cm³/mol. The zero-order valence-corrected chi connectivity index (χ0v) is 20.4. The quantitative estimate of drug-likeness (QED) is 0.412. The predicted octanol–water partition coefficient (Wildman–Crippen LogP) is 5.19. The van der Waals surface area contributed by atoms with Crippen LogP contribution >= 0.6 is 11.6 Å². The van der Waals surface area contributed by atoms with Gasteiger partial charge in [-0.3, -0.25) is 9.59 Å². The molecule has 0 saturated carbocycles. The molecule has 3 rings (SSSR count). The maximum Gasteiger partial charge on any atom is 0.261 e. The zero-order valence-electron chi connectivity index (χ0n) is 19.7. The second-order valence-electron chi connectivity index (χ2n) is 8.20. The van der Waals surface area contributed by atoms with Crippen LogP contribution in [-0.4, -0.2) is 35.9 Å². The Morgan fingerprint density at radius 2 is 1.62 bits per heavy atom. The van der Waals surface area contributed by atoms with E-state index in [0.717, 1.165) is 23.1 Å². The summed E-state index contributed by atoms with van der Waals surface area (Å²) in [6, 6.07) is 23.9. The van der Waals surface area contributed by atoms with Gasteiger partial charge in [-0.1, -0.05) is 79.2 Å². The van der Waals surface area contributed by atoms with E-state index in [1.807, 2.05) is 80.6 Å². The lowest BCUT2D eigenvalue weighted by molar-refractivity contribution is -0.142. The van der Waals surface area contributed by atoms with Crippen LogP contribution in [0.5, 0.6) is 5.75 Å². The van der Waals surface area contributed by atoms with Crippen LogP contribution in [-0.2, 0) is 22.6 Å². The van der Waals surface area contributed by atoms with Crippen LogP contribution in [0.1, 0.15) is 30.0 Å². The van der Waals surface area contributed by atoms with Gasteiger partial charge in [0.1, 0.15) is 11.8 Å². The standard InChI is InChI=1S/C28H31ClN2O3/c1-3-17-30-28(33)25(18-22-10-5-4-6-11-22)31(19-23-13-15-24(29)16-14-23)27(32)20-34-26-12-8-7-9-21(26)2/h4-16,25H,3,17-20H2,1-2H3,(H,30,33). The van der Waals surface area contributed by atoms with Crippen molar-refractivity contribution in [2.24, 2.45) is 0 Å². The van der Waals surface area contributed by atoms with Gasteiger partial charge >= 0.3 is 0 Å². The molecule has 0 aromatic heterocycles. The van der Waals surface area contributed by atoms with Gasteiger partial charge in [0.2, 0.25) is 5.91 Å². The zero-order chi connectivity index (χ0) is 24.3. The number of benzene rings is 3. The summed E-state index contributed by atoms with van der Waals surface area (Å²) in [5.74, 6) is 0.215. The summed E-state index contributed by atoms with van der Waals surface area (Å²) in [7, 11) is 0. The van der Waals surface area contributed by atoms with Gasteiger partial charge in [-0.2, -0.15) is 0 Å². The third-order valence-corrected chi connectivity index (χ3v) is 5.78. The van der Waals surface area contributed by atoms with E-state index in [9.17, 15) is 9.59 Å². The number of hydrogen-bond acceptors (Lipinski definition) is 3. The summed E-state index contributed by atoms with van der Waals surface area (Å²) in [5, 5.41) is 3.59. The number of amides is 2. The molecule has 0 bridgehead atoms. The molecular formula is C28H31ClN2O3. The second kappa shape index (κ2) is 12.8. The first-order chi connectivity index (χ1) is 16.5. The van der Waals surface area contributed by atoms with E-state index in [1.165, 1.54) is 0 Å². The molecule has 0 fully saturated rings. The summed E-state index contributed by atoms with van der Waals surface area (Å²) < 4.78 is 5.85. The summed E-state index contributed by atoms with van der Waals surface area (Å²) in [6.07, 6.45) is 1.21. The minimum absolute atomic E-state index is 0.162. The van der Waals surface area contributed by atoms with E-state index in [4.69, 9.17) is 16.3 Å². The molecule has 1 unspecified atom stereocenters. The fourth-order valence-corrected chi connectivity index (χ4v) is 3.77. The molecule has 5 nitrogen and oxygen atoms in total. The molecule has 0 saturated heterocycles. The molecule has 0 heterocycles. The van der Waals surface area contributed by atoms with Crippen molar-refractivity contribution < 1.29 is 14.3 Å². The van der Waals surface area contributed by atoms with Crippen molar-refractivity contribution in [3.05, 3.63) is 101 Å². The van der Waals surface area contributed by atoms with Gasteiger partial charge in [-0.25, -0.2) is 0 Å². The van der Waals surface area contributed by atoms with Crippen LogP contribution in [0.3, 0.4) is 0 Å². The molecule has 1 N–H and O–H groups in total. The summed E-state index contributed by atoms with van der Waals surface area (Å²) in [4.78, 5) is 28.4. The molecule has 2 amide bonds. The topological polar surface area (TPSA) is 58.6 Å². The molecule has 3 aromatic carbocycles. The molecule has 34 heavy (non-hydrogen) atoms. The molecule has 0 aliphatic heterocycles. The molecule has 0 spiro atoms. The van der Waals surface area contributed by atoms with Gasteiger partial charge in [0.25, 0.3) is 5.91 Å². The van der Waals surface area contributed by atoms with Gasteiger partial charge in [0.05, 0.1) is 0 Å². The Bertz CT molecular complexity index is 1070. The number of aryl methyl sites for hydroxylation is 1. The first-order valence-corrected chi connectivity index (χ1v) is 11.9. The Hall–Kier alpha value is -3.31. The molecule has 0 aliphatic rings. The number of halogens is 1. The van der Waals surface area contributed by atoms with Crippen molar-refractivity contribution in [2.75, 3.05) is 13.2 Å². The van der Waals surface area contributed by atoms with E-state index in [1.54, 1.807) is 17.0 Å². The average molecular weight is 479 g/mol. The lowest BCUT2D eigenvalue weighted by Crippen LogP contribution is -2.51. The Labute approximate surface area is 206 Å². The van der Waals surface area contributed by atoms with Crippen molar-refractivity contribution in [1.82, 2.24) is 10.2 Å². The molecule has 178 valence electrons. The number of nitrogens with zero attached hydrogens (tertiary/aromatic N) is 1. The van der Waals surface area contributed by atoms with E-state index in [2.05, 4.69) is 5.32 Å². The van der Waals surface area contributed by atoms with Crippen LogP contribution in [0.2, 0.25) is 5.02 Å². The van der Waals surface area contributed by atoms with E-state index in [-0.39, 0.29) is 25.0 Å². The molecule has 6 heteroatoms. The first-order valence-electron chi connectivity index (χ1n) is 11.5. The summed E-state index contributed by atoms with van der Waals surface area (Å²) in [5.41, 5.74) is 2.81. The SMILES string of the molecule is CCCNC(=O)C(Cc1ccccc1)N(Cc1ccc(Cl)cc1)C(=O)COc1ccccc1C. The minimum atomic E-state index is -0.683. The van der Waals surface area contributed by atoms with Crippen molar-refractivity contribution in [3.63, 3.8) is 0 Å². The number of hydrogen-bond donors (Lipinski definition) is 1. The lowest BCUT2D eigenvalue weighted by Gasteiger charge is -2.31. The van der Waals surface area contributed by atoms with Crippen LogP contribution in [0, 0.1) is 6.92 Å². The first kappa shape index (κ1) is 25.3. The fraction of sp³-hybridized carbons (Fsp3) is 0.286. The normalized spacial score (nSPS) is 11.5. The van der Waals surface area contributed by atoms with E-state index in [0.29, 0.717) is 23.7 Å². The Morgan fingerprint density at radius 1 is 0.941 bits per heavy atom. The minimum Gasteiger partial charge on any atom is -0.484 e. The van der Waals surface area contributed by atoms with Crippen molar-refractivity contribution >= 4 is 23.4 Å². The van der Waals surface area contributed by atoms with Gasteiger partial charge in [-0.05, 0) is 48.2 Å². The largest absolute Gasteiger partial charge is 0.484 e. The smallest absolute Gasteiger partial charge is 0.261 e. The number of nitrogens with one attached hydrogen (secondary N) is 1. The number of rotatable bonds is 11. The highest BCUT2D eigenvalue weighted by Gasteiger charge is 2.30. The van der Waals surface area contributed by atoms with E-state index < -0.39 is 6.04 Å².